The van der Waals surface area contributed by atoms with Crippen molar-refractivity contribution in [2.45, 2.75) is 13.3 Å². The summed E-state index contributed by atoms with van der Waals surface area (Å²) in [5.74, 6) is 0. The molecule has 3 heteroatoms. The monoisotopic (exact) mass is 292 g/mol. The standard InChI is InChI=1S/C11H11BrCl2/c1-8(3-2-6-12)10-7-9(13)4-5-11(10)14/h3-5,7H,2,6H2,1H3. The third-order valence-corrected chi connectivity index (χ3v) is 2.94. The molecule has 14 heavy (non-hydrogen) atoms. The lowest BCUT2D eigenvalue weighted by molar-refractivity contribution is 1.26. The van der Waals surface area contributed by atoms with Crippen molar-refractivity contribution in [2.24, 2.45) is 0 Å². The van der Waals surface area contributed by atoms with E-state index in [0.29, 0.717) is 0 Å². The second kappa shape index (κ2) is 5.79. The summed E-state index contributed by atoms with van der Waals surface area (Å²) in [5, 5.41) is 2.43. The highest BCUT2D eigenvalue weighted by Gasteiger charge is 2.02. The average molecular weight is 294 g/mol. The first-order valence-electron chi connectivity index (χ1n) is 4.33. The number of rotatable bonds is 3. The number of halogens is 3. The van der Waals surface area contributed by atoms with Gasteiger partial charge in [-0.25, -0.2) is 0 Å². The second-order valence-corrected chi connectivity index (χ2v) is 4.63. The normalized spacial score (nSPS) is 11.9. The van der Waals surface area contributed by atoms with Crippen LogP contribution in [-0.4, -0.2) is 5.33 Å². The molecule has 76 valence electrons. The van der Waals surface area contributed by atoms with Crippen LogP contribution in [0.5, 0.6) is 0 Å². The smallest absolute Gasteiger partial charge is 0.0481 e. The molecule has 0 heterocycles. The van der Waals surface area contributed by atoms with Crippen LogP contribution >= 0.6 is 39.1 Å². The molecule has 0 aliphatic carbocycles. The van der Waals surface area contributed by atoms with Gasteiger partial charge < -0.3 is 0 Å². The van der Waals surface area contributed by atoms with Crippen molar-refractivity contribution in [2.75, 3.05) is 5.33 Å². The van der Waals surface area contributed by atoms with Gasteiger partial charge in [-0.05, 0) is 42.7 Å². The van der Waals surface area contributed by atoms with Crippen molar-refractivity contribution in [3.05, 3.63) is 39.9 Å². The fourth-order valence-electron chi connectivity index (χ4n) is 1.18. The Morgan fingerprint density at radius 1 is 1.43 bits per heavy atom. The zero-order valence-electron chi connectivity index (χ0n) is 7.86. The predicted molar refractivity (Wildman–Crippen MR) is 68.5 cm³/mol. The van der Waals surface area contributed by atoms with E-state index in [0.717, 1.165) is 32.9 Å². The topological polar surface area (TPSA) is 0 Å². The van der Waals surface area contributed by atoms with Crippen LogP contribution in [0.25, 0.3) is 5.57 Å². The van der Waals surface area contributed by atoms with E-state index in [-0.39, 0.29) is 0 Å². The SMILES string of the molecule is CC(=CCCBr)c1cc(Cl)ccc1Cl. The number of hydrogen-bond donors (Lipinski definition) is 0. The van der Waals surface area contributed by atoms with Gasteiger partial charge in [0.2, 0.25) is 0 Å². The van der Waals surface area contributed by atoms with Crippen molar-refractivity contribution in [1.82, 2.24) is 0 Å². The summed E-state index contributed by atoms with van der Waals surface area (Å²) in [5.41, 5.74) is 2.18. The predicted octanol–water partition coefficient (Wildman–Crippen LogP) is 5.18. The lowest BCUT2D eigenvalue weighted by Gasteiger charge is -2.04. The van der Waals surface area contributed by atoms with E-state index in [9.17, 15) is 0 Å². The van der Waals surface area contributed by atoms with E-state index in [4.69, 9.17) is 23.2 Å². The maximum Gasteiger partial charge on any atom is 0.0481 e. The van der Waals surface area contributed by atoms with Gasteiger partial charge in [0, 0.05) is 15.4 Å². The van der Waals surface area contributed by atoms with Gasteiger partial charge in [0.1, 0.15) is 0 Å². The van der Waals surface area contributed by atoms with E-state index in [1.54, 1.807) is 6.07 Å². The average Bonchev–Trinajstić information content (AvgIpc) is 2.18. The van der Waals surface area contributed by atoms with Crippen molar-refractivity contribution in [3.63, 3.8) is 0 Å². The van der Waals surface area contributed by atoms with Crippen LogP contribution in [0.2, 0.25) is 10.0 Å². The first-order chi connectivity index (χ1) is 6.65. The molecule has 0 aliphatic rings. The first-order valence-corrected chi connectivity index (χ1v) is 6.21. The van der Waals surface area contributed by atoms with Gasteiger partial charge in [0.15, 0.2) is 0 Å². The van der Waals surface area contributed by atoms with Gasteiger partial charge in [-0.15, -0.1) is 0 Å². The molecular formula is C11H11BrCl2. The molecule has 0 amide bonds. The maximum atomic E-state index is 6.06. The van der Waals surface area contributed by atoms with Gasteiger partial charge >= 0.3 is 0 Å². The van der Waals surface area contributed by atoms with Crippen molar-refractivity contribution >= 4 is 44.7 Å². The molecule has 0 nitrogen and oxygen atoms in total. The maximum absolute atomic E-state index is 6.06. The summed E-state index contributed by atoms with van der Waals surface area (Å²) in [6, 6.07) is 5.51. The van der Waals surface area contributed by atoms with Crippen molar-refractivity contribution in [1.29, 1.82) is 0 Å². The third kappa shape index (κ3) is 3.30. The fourth-order valence-corrected chi connectivity index (χ4v) is 1.85. The van der Waals surface area contributed by atoms with E-state index in [2.05, 4.69) is 22.0 Å². The Morgan fingerprint density at radius 2 is 2.14 bits per heavy atom. The number of benzene rings is 1. The highest BCUT2D eigenvalue weighted by molar-refractivity contribution is 9.09. The van der Waals surface area contributed by atoms with Crippen LogP contribution in [0.15, 0.2) is 24.3 Å². The van der Waals surface area contributed by atoms with Crippen LogP contribution in [0, 0.1) is 0 Å². The fraction of sp³-hybridized carbons (Fsp3) is 0.273. The van der Waals surface area contributed by atoms with Crippen LogP contribution in [0.4, 0.5) is 0 Å². The minimum atomic E-state index is 0.719. The molecule has 0 atom stereocenters. The van der Waals surface area contributed by atoms with Gasteiger partial charge in [-0.3, -0.25) is 0 Å². The summed E-state index contributed by atoms with van der Waals surface area (Å²) in [4.78, 5) is 0. The second-order valence-electron chi connectivity index (χ2n) is 2.99. The Hall–Kier alpha value is 0.0200. The number of alkyl halides is 1. The van der Waals surface area contributed by atoms with Gasteiger partial charge in [-0.1, -0.05) is 45.2 Å². The number of hydrogen-bond acceptors (Lipinski definition) is 0. The van der Waals surface area contributed by atoms with Gasteiger partial charge in [0.25, 0.3) is 0 Å². The highest BCUT2D eigenvalue weighted by atomic mass is 79.9. The summed E-state index contributed by atoms with van der Waals surface area (Å²) in [6.07, 6.45) is 3.14. The molecule has 0 aromatic heterocycles. The third-order valence-electron chi connectivity index (χ3n) is 1.91. The molecular weight excluding hydrogens is 283 g/mol. The van der Waals surface area contributed by atoms with E-state index < -0.39 is 0 Å². The van der Waals surface area contributed by atoms with E-state index in [1.165, 1.54) is 0 Å². The molecule has 0 fully saturated rings. The first kappa shape index (κ1) is 12.1. The molecule has 0 spiro atoms. The van der Waals surface area contributed by atoms with Gasteiger partial charge in [-0.2, -0.15) is 0 Å². The molecule has 0 saturated heterocycles. The van der Waals surface area contributed by atoms with Crippen LogP contribution in [-0.2, 0) is 0 Å². The van der Waals surface area contributed by atoms with E-state index in [1.807, 2.05) is 19.1 Å². The van der Waals surface area contributed by atoms with Crippen molar-refractivity contribution in [3.8, 4) is 0 Å². The van der Waals surface area contributed by atoms with Gasteiger partial charge in [0.05, 0.1) is 0 Å². The lowest BCUT2D eigenvalue weighted by atomic mass is 10.1. The Kier molecular flexibility index (Phi) is 5.00. The molecule has 1 aromatic rings. The largest absolute Gasteiger partial charge is 0.0925 e. The molecule has 0 aliphatic heterocycles. The number of allylic oxidation sites excluding steroid dienone is 2. The molecule has 0 bridgehead atoms. The Labute approximate surface area is 103 Å². The Bertz CT molecular complexity index is 345. The zero-order chi connectivity index (χ0) is 10.6. The molecule has 1 rings (SSSR count). The summed E-state index contributed by atoms with van der Waals surface area (Å²) >= 11 is 15.3. The molecule has 0 saturated carbocycles. The summed E-state index contributed by atoms with van der Waals surface area (Å²) < 4.78 is 0. The van der Waals surface area contributed by atoms with Crippen LogP contribution in [0.3, 0.4) is 0 Å². The Balaban J connectivity index is 2.99. The van der Waals surface area contributed by atoms with Crippen LogP contribution in [0.1, 0.15) is 18.9 Å². The lowest BCUT2D eigenvalue weighted by Crippen LogP contribution is -1.82. The molecule has 0 N–H and O–H groups in total. The molecule has 1 aromatic carbocycles. The van der Waals surface area contributed by atoms with Crippen molar-refractivity contribution < 1.29 is 0 Å². The Morgan fingerprint density at radius 3 is 2.79 bits per heavy atom. The highest BCUT2D eigenvalue weighted by Crippen LogP contribution is 2.27. The van der Waals surface area contributed by atoms with E-state index >= 15 is 0 Å². The molecule has 0 unspecified atom stereocenters. The van der Waals surface area contributed by atoms with Crippen LogP contribution < -0.4 is 0 Å². The molecule has 0 radical (unpaired) electrons. The minimum absolute atomic E-state index is 0.719. The summed E-state index contributed by atoms with van der Waals surface area (Å²) in [7, 11) is 0. The minimum Gasteiger partial charge on any atom is -0.0925 e. The zero-order valence-corrected chi connectivity index (χ0v) is 11.0. The quantitative estimate of drug-likeness (QED) is 0.674. The summed E-state index contributed by atoms with van der Waals surface area (Å²) in [6.45, 7) is 2.04.